The lowest BCUT2D eigenvalue weighted by Gasteiger charge is -2.11. The van der Waals surface area contributed by atoms with Crippen LogP contribution in [0.2, 0.25) is 0 Å². The van der Waals surface area contributed by atoms with Crippen molar-refractivity contribution in [1.29, 1.82) is 0 Å². The summed E-state index contributed by atoms with van der Waals surface area (Å²) in [5, 5.41) is 7.74. The Hall–Kier alpha value is -1.62. The van der Waals surface area contributed by atoms with Crippen LogP contribution in [0.25, 0.3) is 5.65 Å². The second-order valence-electron chi connectivity index (χ2n) is 3.91. The van der Waals surface area contributed by atoms with Gasteiger partial charge in [0.25, 0.3) is 0 Å². The van der Waals surface area contributed by atoms with E-state index in [4.69, 9.17) is 5.73 Å². The normalized spacial score (nSPS) is 12.9. The van der Waals surface area contributed by atoms with Crippen molar-refractivity contribution in [2.24, 2.45) is 5.73 Å². The lowest BCUT2D eigenvalue weighted by molar-refractivity contribution is 0.751. The minimum atomic E-state index is 0.419. The molecule has 0 aliphatic rings. The smallest absolute Gasteiger partial charge is 0.153 e. The predicted molar refractivity (Wildman–Crippen MR) is 64.3 cm³/mol. The summed E-state index contributed by atoms with van der Waals surface area (Å²) in [4.78, 5) is 4.32. The first-order valence-corrected chi connectivity index (χ1v) is 5.55. The Morgan fingerprint density at radius 2 is 2.31 bits per heavy atom. The summed E-state index contributed by atoms with van der Waals surface area (Å²) in [6, 6.07) is 4.30. The third-order valence-electron chi connectivity index (χ3n) is 2.59. The molecule has 5 nitrogen and oxygen atoms in total. The van der Waals surface area contributed by atoms with E-state index in [2.05, 4.69) is 29.2 Å². The van der Waals surface area contributed by atoms with Gasteiger partial charge in [0.1, 0.15) is 5.82 Å². The Kier molecular flexibility index (Phi) is 3.05. The lowest BCUT2D eigenvalue weighted by Crippen LogP contribution is -2.15. The maximum absolute atomic E-state index is 5.53. The standard InChI is InChI=1S/C11H17N5/c1-3-8(2)13-10-4-5-11-14-9(6-12)7-16(11)15-10/h4-5,7-8H,3,6,12H2,1-2H3,(H,13,15). The van der Waals surface area contributed by atoms with Crippen LogP contribution in [-0.4, -0.2) is 20.6 Å². The number of aromatic nitrogens is 3. The van der Waals surface area contributed by atoms with Gasteiger partial charge in [-0.25, -0.2) is 9.50 Å². The highest BCUT2D eigenvalue weighted by atomic mass is 15.3. The number of hydrogen-bond donors (Lipinski definition) is 2. The van der Waals surface area contributed by atoms with Gasteiger partial charge >= 0.3 is 0 Å². The molecule has 16 heavy (non-hydrogen) atoms. The van der Waals surface area contributed by atoms with Crippen molar-refractivity contribution in [1.82, 2.24) is 14.6 Å². The van der Waals surface area contributed by atoms with Gasteiger partial charge in [-0.15, -0.1) is 5.10 Å². The molecule has 2 heterocycles. The highest BCUT2D eigenvalue weighted by molar-refractivity contribution is 5.45. The summed E-state index contributed by atoms with van der Waals surface area (Å²) in [5.41, 5.74) is 7.22. The van der Waals surface area contributed by atoms with Crippen molar-refractivity contribution in [2.45, 2.75) is 32.9 Å². The van der Waals surface area contributed by atoms with Crippen molar-refractivity contribution in [2.75, 3.05) is 5.32 Å². The average molecular weight is 219 g/mol. The number of hydrogen-bond acceptors (Lipinski definition) is 4. The van der Waals surface area contributed by atoms with Gasteiger partial charge in [0, 0.05) is 12.6 Å². The molecule has 5 heteroatoms. The Morgan fingerprint density at radius 3 is 3.00 bits per heavy atom. The van der Waals surface area contributed by atoms with Gasteiger partial charge in [0.05, 0.1) is 11.9 Å². The van der Waals surface area contributed by atoms with Crippen molar-refractivity contribution in [3.8, 4) is 0 Å². The van der Waals surface area contributed by atoms with E-state index < -0.39 is 0 Å². The van der Waals surface area contributed by atoms with Crippen molar-refractivity contribution >= 4 is 11.5 Å². The first-order valence-electron chi connectivity index (χ1n) is 5.55. The summed E-state index contributed by atoms with van der Waals surface area (Å²) >= 11 is 0. The number of nitrogens with zero attached hydrogens (tertiary/aromatic N) is 3. The zero-order chi connectivity index (χ0) is 11.5. The van der Waals surface area contributed by atoms with Crippen LogP contribution in [0.1, 0.15) is 26.0 Å². The quantitative estimate of drug-likeness (QED) is 0.815. The van der Waals surface area contributed by atoms with Crippen LogP contribution in [-0.2, 0) is 6.54 Å². The summed E-state index contributed by atoms with van der Waals surface area (Å²) in [7, 11) is 0. The molecule has 2 rings (SSSR count). The van der Waals surface area contributed by atoms with E-state index in [0.717, 1.165) is 23.6 Å². The minimum absolute atomic E-state index is 0.419. The summed E-state index contributed by atoms with van der Waals surface area (Å²) in [5.74, 6) is 0.864. The molecule has 3 N–H and O–H groups in total. The number of anilines is 1. The number of nitrogens with one attached hydrogen (secondary N) is 1. The van der Waals surface area contributed by atoms with Crippen LogP contribution in [0.15, 0.2) is 18.3 Å². The summed E-state index contributed by atoms with van der Waals surface area (Å²) < 4.78 is 1.76. The van der Waals surface area contributed by atoms with E-state index in [1.54, 1.807) is 4.52 Å². The molecular formula is C11H17N5. The van der Waals surface area contributed by atoms with E-state index in [0.29, 0.717) is 12.6 Å². The number of rotatable bonds is 4. The maximum atomic E-state index is 5.53. The second kappa shape index (κ2) is 4.49. The molecule has 0 amide bonds. The molecular weight excluding hydrogens is 202 g/mol. The molecule has 86 valence electrons. The average Bonchev–Trinajstić information content (AvgIpc) is 2.71. The summed E-state index contributed by atoms with van der Waals surface area (Å²) in [6.07, 6.45) is 2.93. The van der Waals surface area contributed by atoms with Crippen LogP contribution < -0.4 is 11.1 Å². The van der Waals surface area contributed by atoms with E-state index in [-0.39, 0.29) is 0 Å². The molecule has 1 unspecified atom stereocenters. The third kappa shape index (κ3) is 2.14. The molecule has 0 spiro atoms. The van der Waals surface area contributed by atoms with Gasteiger partial charge in [0.15, 0.2) is 5.65 Å². The Bertz CT molecular complexity index is 476. The van der Waals surface area contributed by atoms with Gasteiger partial charge in [-0.1, -0.05) is 6.92 Å². The first kappa shape index (κ1) is 10.9. The molecule has 0 aliphatic heterocycles. The molecule has 1 atom stereocenters. The summed E-state index contributed by atoms with van der Waals surface area (Å²) in [6.45, 7) is 4.71. The molecule has 0 aromatic carbocycles. The van der Waals surface area contributed by atoms with Crippen molar-refractivity contribution in [3.05, 3.63) is 24.0 Å². The van der Waals surface area contributed by atoms with Gasteiger partial charge in [0.2, 0.25) is 0 Å². The van der Waals surface area contributed by atoms with E-state index in [1.807, 2.05) is 18.3 Å². The molecule has 0 aliphatic carbocycles. The fraction of sp³-hybridized carbons (Fsp3) is 0.455. The molecule has 2 aromatic rings. The van der Waals surface area contributed by atoms with Gasteiger partial charge < -0.3 is 11.1 Å². The van der Waals surface area contributed by atoms with Crippen molar-refractivity contribution < 1.29 is 0 Å². The number of nitrogens with two attached hydrogens (primary N) is 1. The van der Waals surface area contributed by atoms with E-state index in [9.17, 15) is 0 Å². The molecule has 0 fully saturated rings. The zero-order valence-electron chi connectivity index (χ0n) is 9.64. The molecule has 0 saturated carbocycles. The Balaban J connectivity index is 2.28. The SMILES string of the molecule is CCC(C)Nc1ccc2nc(CN)cn2n1. The largest absolute Gasteiger partial charge is 0.366 e. The third-order valence-corrected chi connectivity index (χ3v) is 2.59. The zero-order valence-corrected chi connectivity index (χ0v) is 9.64. The number of imidazole rings is 1. The van der Waals surface area contributed by atoms with Crippen LogP contribution in [0.5, 0.6) is 0 Å². The van der Waals surface area contributed by atoms with Crippen molar-refractivity contribution in [3.63, 3.8) is 0 Å². The van der Waals surface area contributed by atoms with E-state index in [1.165, 1.54) is 0 Å². The molecule has 0 radical (unpaired) electrons. The van der Waals surface area contributed by atoms with Crippen LogP contribution >= 0.6 is 0 Å². The highest BCUT2D eigenvalue weighted by Crippen LogP contribution is 2.09. The van der Waals surface area contributed by atoms with Gasteiger partial charge in [-0.3, -0.25) is 0 Å². The van der Waals surface area contributed by atoms with Crippen LogP contribution in [0, 0.1) is 0 Å². The van der Waals surface area contributed by atoms with E-state index >= 15 is 0 Å². The number of fused-ring (bicyclic) bond motifs is 1. The van der Waals surface area contributed by atoms with Crippen LogP contribution in [0.3, 0.4) is 0 Å². The van der Waals surface area contributed by atoms with Gasteiger partial charge in [-0.2, -0.15) is 0 Å². The maximum Gasteiger partial charge on any atom is 0.153 e. The molecule has 0 saturated heterocycles. The Labute approximate surface area is 94.7 Å². The van der Waals surface area contributed by atoms with Crippen LogP contribution in [0.4, 0.5) is 5.82 Å². The van der Waals surface area contributed by atoms with Gasteiger partial charge in [-0.05, 0) is 25.5 Å². The second-order valence-corrected chi connectivity index (χ2v) is 3.91. The minimum Gasteiger partial charge on any atom is -0.366 e. The molecule has 2 aromatic heterocycles. The fourth-order valence-electron chi connectivity index (χ4n) is 1.46. The Morgan fingerprint density at radius 1 is 1.50 bits per heavy atom. The predicted octanol–water partition coefficient (Wildman–Crippen LogP) is 1.40. The molecule has 0 bridgehead atoms. The first-order chi connectivity index (χ1) is 7.72. The fourth-order valence-corrected chi connectivity index (χ4v) is 1.46. The highest BCUT2D eigenvalue weighted by Gasteiger charge is 2.04. The topological polar surface area (TPSA) is 68.2 Å². The lowest BCUT2D eigenvalue weighted by atomic mass is 10.2. The monoisotopic (exact) mass is 219 g/mol.